The van der Waals surface area contributed by atoms with Gasteiger partial charge in [0, 0.05) is 24.2 Å². The van der Waals surface area contributed by atoms with E-state index in [2.05, 4.69) is 17.6 Å². The van der Waals surface area contributed by atoms with Crippen molar-refractivity contribution >= 4 is 17.5 Å². The first-order valence-corrected chi connectivity index (χ1v) is 6.85. The van der Waals surface area contributed by atoms with Crippen LogP contribution in [0.3, 0.4) is 0 Å². The lowest BCUT2D eigenvalue weighted by Crippen LogP contribution is -2.22. The van der Waals surface area contributed by atoms with E-state index in [1.54, 1.807) is 24.3 Å². The molecule has 0 aliphatic carbocycles. The Balaban J connectivity index is 2.47. The maximum Gasteiger partial charge on any atom is 0.251 e. The number of amides is 2. The van der Waals surface area contributed by atoms with Gasteiger partial charge in [-0.05, 0) is 37.6 Å². The van der Waals surface area contributed by atoms with Crippen LogP contribution < -0.4 is 10.6 Å². The lowest BCUT2D eigenvalue weighted by molar-refractivity contribution is -0.116. The van der Waals surface area contributed by atoms with Crippen LogP contribution in [-0.2, 0) is 4.79 Å². The van der Waals surface area contributed by atoms with E-state index in [4.69, 9.17) is 0 Å². The van der Waals surface area contributed by atoms with E-state index in [1.165, 1.54) is 0 Å². The van der Waals surface area contributed by atoms with E-state index < -0.39 is 0 Å². The molecule has 0 saturated carbocycles. The Morgan fingerprint density at radius 2 is 1.74 bits per heavy atom. The van der Waals surface area contributed by atoms with Crippen LogP contribution >= 0.6 is 0 Å². The standard InChI is InChI=1S/C15H22N2O2/c1-3-5-6-7-14(18)17-13-10-8-12(9-11-13)15(19)16-4-2/h8-11H,3-7H2,1-2H3,(H,16,19)(H,17,18). The lowest BCUT2D eigenvalue weighted by atomic mass is 10.1. The normalized spacial score (nSPS) is 10.0. The van der Waals surface area contributed by atoms with E-state index in [0.29, 0.717) is 18.5 Å². The van der Waals surface area contributed by atoms with Gasteiger partial charge in [-0.3, -0.25) is 9.59 Å². The van der Waals surface area contributed by atoms with E-state index in [-0.39, 0.29) is 11.8 Å². The first-order valence-electron chi connectivity index (χ1n) is 6.85. The smallest absolute Gasteiger partial charge is 0.251 e. The first-order chi connectivity index (χ1) is 9.17. The van der Waals surface area contributed by atoms with Crippen molar-refractivity contribution in [2.24, 2.45) is 0 Å². The van der Waals surface area contributed by atoms with E-state index in [9.17, 15) is 9.59 Å². The largest absolute Gasteiger partial charge is 0.352 e. The molecule has 0 aliphatic heterocycles. The van der Waals surface area contributed by atoms with Crippen molar-refractivity contribution in [3.8, 4) is 0 Å². The van der Waals surface area contributed by atoms with Crippen LogP contribution in [0.1, 0.15) is 49.9 Å². The van der Waals surface area contributed by atoms with Crippen molar-refractivity contribution in [1.29, 1.82) is 0 Å². The third-order valence-electron chi connectivity index (χ3n) is 2.78. The van der Waals surface area contributed by atoms with Crippen LogP contribution in [0.15, 0.2) is 24.3 Å². The minimum atomic E-state index is -0.0941. The molecule has 0 atom stereocenters. The van der Waals surface area contributed by atoms with Gasteiger partial charge in [0.2, 0.25) is 5.91 Å². The molecule has 0 spiro atoms. The van der Waals surface area contributed by atoms with Crippen LogP contribution in [0, 0.1) is 0 Å². The number of carbonyl (C=O) groups is 2. The molecule has 4 heteroatoms. The number of anilines is 1. The first kappa shape index (κ1) is 15.2. The van der Waals surface area contributed by atoms with E-state index in [1.807, 2.05) is 6.92 Å². The summed E-state index contributed by atoms with van der Waals surface area (Å²) >= 11 is 0. The Bertz CT molecular complexity index is 413. The van der Waals surface area contributed by atoms with E-state index >= 15 is 0 Å². The molecule has 1 rings (SSSR count). The zero-order valence-electron chi connectivity index (χ0n) is 11.7. The summed E-state index contributed by atoms with van der Waals surface area (Å²) in [5, 5.41) is 5.56. The second-order valence-corrected chi connectivity index (χ2v) is 4.44. The van der Waals surface area contributed by atoms with E-state index in [0.717, 1.165) is 24.9 Å². The molecular weight excluding hydrogens is 240 g/mol. The Labute approximate surface area is 114 Å². The molecule has 104 valence electrons. The molecule has 2 amide bonds. The summed E-state index contributed by atoms with van der Waals surface area (Å²) in [6, 6.07) is 6.93. The van der Waals surface area contributed by atoms with Gasteiger partial charge in [-0.15, -0.1) is 0 Å². The maximum absolute atomic E-state index is 11.6. The number of benzene rings is 1. The SMILES string of the molecule is CCCCCC(=O)Nc1ccc(C(=O)NCC)cc1. The summed E-state index contributed by atoms with van der Waals surface area (Å²) in [7, 11) is 0. The molecule has 4 nitrogen and oxygen atoms in total. The molecule has 0 aromatic heterocycles. The summed E-state index contributed by atoms with van der Waals surface area (Å²) < 4.78 is 0. The molecule has 0 fully saturated rings. The zero-order valence-corrected chi connectivity index (χ0v) is 11.7. The molecule has 0 aliphatic rings. The Morgan fingerprint density at radius 3 is 2.32 bits per heavy atom. The molecule has 2 N–H and O–H groups in total. The number of nitrogens with one attached hydrogen (secondary N) is 2. The molecule has 0 unspecified atom stereocenters. The Morgan fingerprint density at radius 1 is 1.05 bits per heavy atom. The van der Waals surface area contributed by atoms with Gasteiger partial charge < -0.3 is 10.6 Å². The van der Waals surface area contributed by atoms with Gasteiger partial charge >= 0.3 is 0 Å². The Hall–Kier alpha value is -1.84. The average molecular weight is 262 g/mol. The third-order valence-corrected chi connectivity index (χ3v) is 2.78. The number of rotatable bonds is 7. The van der Waals surface area contributed by atoms with Crippen molar-refractivity contribution in [3.05, 3.63) is 29.8 Å². The van der Waals surface area contributed by atoms with Crippen molar-refractivity contribution in [2.45, 2.75) is 39.5 Å². The van der Waals surface area contributed by atoms with Gasteiger partial charge in [0.25, 0.3) is 5.91 Å². The average Bonchev–Trinajstić information content (AvgIpc) is 2.40. The van der Waals surface area contributed by atoms with Crippen LogP contribution in [0.5, 0.6) is 0 Å². The van der Waals surface area contributed by atoms with Gasteiger partial charge in [-0.2, -0.15) is 0 Å². The fourth-order valence-corrected chi connectivity index (χ4v) is 1.73. The summed E-state index contributed by atoms with van der Waals surface area (Å²) in [6.45, 7) is 4.59. The molecule has 1 aromatic carbocycles. The molecule has 19 heavy (non-hydrogen) atoms. The third kappa shape index (κ3) is 5.55. The molecule has 0 radical (unpaired) electrons. The summed E-state index contributed by atoms with van der Waals surface area (Å²) in [6.07, 6.45) is 3.64. The molecule has 0 bridgehead atoms. The highest BCUT2D eigenvalue weighted by molar-refractivity contribution is 5.95. The maximum atomic E-state index is 11.6. The molecule has 1 aromatic rings. The van der Waals surface area contributed by atoms with Crippen LogP contribution in [0.2, 0.25) is 0 Å². The predicted molar refractivity (Wildman–Crippen MR) is 77.2 cm³/mol. The van der Waals surface area contributed by atoms with Gasteiger partial charge in [0.15, 0.2) is 0 Å². The summed E-state index contributed by atoms with van der Waals surface area (Å²) in [5.74, 6) is -0.0671. The second-order valence-electron chi connectivity index (χ2n) is 4.44. The van der Waals surface area contributed by atoms with Gasteiger partial charge in [-0.25, -0.2) is 0 Å². The second kappa shape index (κ2) is 8.29. The monoisotopic (exact) mass is 262 g/mol. The minimum absolute atomic E-state index is 0.0270. The summed E-state index contributed by atoms with van der Waals surface area (Å²) in [4.78, 5) is 23.2. The number of hydrogen-bond donors (Lipinski definition) is 2. The number of hydrogen-bond acceptors (Lipinski definition) is 2. The highest BCUT2D eigenvalue weighted by atomic mass is 16.2. The number of carbonyl (C=O) groups excluding carboxylic acids is 2. The molecule has 0 heterocycles. The number of unbranched alkanes of at least 4 members (excludes halogenated alkanes) is 2. The van der Waals surface area contributed by atoms with Crippen LogP contribution in [0.4, 0.5) is 5.69 Å². The summed E-state index contributed by atoms with van der Waals surface area (Å²) in [5.41, 5.74) is 1.33. The topological polar surface area (TPSA) is 58.2 Å². The highest BCUT2D eigenvalue weighted by Crippen LogP contribution is 2.10. The zero-order chi connectivity index (χ0) is 14.1. The van der Waals surface area contributed by atoms with Crippen LogP contribution in [0.25, 0.3) is 0 Å². The van der Waals surface area contributed by atoms with Crippen molar-refractivity contribution in [1.82, 2.24) is 5.32 Å². The van der Waals surface area contributed by atoms with Crippen molar-refractivity contribution in [3.63, 3.8) is 0 Å². The van der Waals surface area contributed by atoms with Gasteiger partial charge in [-0.1, -0.05) is 19.8 Å². The van der Waals surface area contributed by atoms with Gasteiger partial charge in [0.05, 0.1) is 0 Å². The minimum Gasteiger partial charge on any atom is -0.352 e. The fraction of sp³-hybridized carbons (Fsp3) is 0.467. The van der Waals surface area contributed by atoms with Crippen molar-refractivity contribution < 1.29 is 9.59 Å². The van der Waals surface area contributed by atoms with Crippen molar-refractivity contribution in [2.75, 3.05) is 11.9 Å². The molecule has 0 saturated heterocycles. The highest BCUT2D eigenvalue weighted by Gasteiger charge is 2.05. The quantitative estimate of drug-likeness (QED) is 0.742. The molecular formula is C15H22N2O2. The predicted octanol–water partition coefficient (Wildman–Crippen LogP) is 2.96. The van der Waals surface area contributed by atoms with Crippen LogP contribution in [-0.4, -0.2) is 18.4 Å². The van der Waals surface area contributed by atoms with Gasteiger partial charge in [0.1, 0.15) is 0 Å². The fourth-order valence-electron chi connectivity index (χ4n) is 1.73. The lowest BCUT2D eigenvalue weighted by Gasteiger charge is -2.06. The Kier molecular flexibility index (Phi) is 6.64.